The number of hydrogen-bond donors (Lipinski definition) is 2. The van der Waals surface area contributed by atoms with E-state index in [1.165, 1.54) is 161 Å². The molecule has 2 N–H and O–H groups in total. The van der Waals surface area contributed by atoms with Crippen molar-refractivity contribution in [2.75, 3.05) is 26.4 Å². The molecule has 0 rings (SSSR count). The van der Waals surface area contributed by atoms with E-state index in [1.54, 1.807) is 0 Å². The van der Waals surface area contributed by atoms with Crippen LogP contribution in [0.15, 0.2) is 24.3 Å². The zero-order chi connectivity index (χ0) is 51.3. The van der Waals surface area contributed by atoms with Crippen LogP contribution in [0, 0.1) is 0 Å². The van der Waals surface area contributed by atoms with Crippen LogP contribution >= 0.6 is 7.82 Å². The first kappa shape index (κ1) is 68.0. The summed E-state index contributed by atoms with van der Waals surface area (Å²) in [5, 5.41) is 9.80. The predicted molar refractivity (Wildman–Crippen MR) is 289 cm³/mol. The molecular weight excluding hydrogens is 904 g/mol. The summed E-state index contributed by atoms with van der Waals surface area (Å²) in [6.07, 6.45) is 52.8. The summed E-state index contributed by atoms with van der Waals surface area (Å²) in [6, 6.07) is 0. The maximum atomic E-state index is 12.9. The average Bonchev–Trinajstić information content (AvgIpc) is 3.35. The van der Waals surface area contributed by atoms with Crippen LogP contribution in [0.25, 0.3) is 0 Å². The van der Waals surface area contributed by atoms with Crippen LogP contribution in [-0.2, 0) is 42.2 Å². The van der Waals surface area contributed by atoms with E-state index in [0.29, 0.717) is 19.3 Å². The summed E-state index contributed by atoms with van der Waals surface area (Å²) in [5.74, 6) is -1.45. The van der Waals surface area contributed by atoms with Crippen LogP contribution in [0.3, 0.4) is 0 Å². The van der Waals surface area contributed by atoms with Crippen LogP contribution in [-0.4, -0.2) is 66.5 Å². The highest BCUT2D eigenvalue weighted by Crippen LogP contribution is 2.43. The molecule has 412 valence electrons. The number of esters is 3. The number of ether oxygens (including phenoxy) is 3. The number of carbonyl (C=O) groups is 3. The van der Waals surface area contributed by atoms with Gasteiger partial charge in [-0.15, -0.1) is 0 Å². The first-order valence-electron chi connectivity index (χ1n) is 29.2. The van der Waals surface area contributed by atoms with Gasteiger partial charge >= 0.3 is 25.7 Å². The van der Waals surface area contributed by atoms with E-state index in [0.717, 1.165) is 70.6 Å². The van der Waals surface area contributed by atoms with Crippen molar-refractivity contribution in [3.05, 3.63) is 24.3 Å². The maximum absolute atomic E-state index is 12.9. The summed E-state index contributed by atoms with van der Waals surface area (Å²) >= 11 is 0. The van der Waals surface area contributed by atoms with Gasteiger partial charge < -0.3 is 24.2 Å². The lowest BCUT2D eigenvalue weighted by Gasteiger charge is -2.21. The zero-order valence-corrected chi connectivity index (χ0v) is 46.4. The van der Waals surface area contributed by atoms with Crippen LogP contribution in [0.5, 0.6) is 0 Å². The van der Waals surface area contributed by atoms with Crippen molar-refractivity contribution in [1.29, 1.82) is 0 Å². The molecule has 11 nitrogen and oxygen atoms in total. The van der Waals surface area contributed by atoms with Crippen molar-refractivity contribution in [1.82, 2.24) is 0 Å². The topological polar surface area (TPSA) is 155 Å². The summed E-state index contributed by atoms with van der Waals surface area (Å²) < 4.78 is 39.5. The van der Waals surface area contributed by atoms with Gasteiger partial charge in [0.2, 0.25) is 0 Å². The normalized spacial score (nSPS) is 13.5. The van der Waals surface area contributed by atoms with Crippen molar-refractivity contribution in [3.8, 4) is 0 Å². The van der Waals surface area contributed by atoms with Crippen LogP contribution in [0.1, 0.15) is 290 Å². The minimum atomic E-state index is -4.74. The predicted octanol–water partition coefficient (Wildman–Crippen LogP) is 17.0. The van der Waals surface area contributed by atoms with E-state index in [9.17, 15) is 28.9 Å². The first-order chi connectivity index (χ1) is 34.2. The highest BCUT2D eigenvalue weighted by molar-refractivity contribution is 7.47. The number of hydrogen-bond acceptors (Lipinski definition) is 10. The molecule has 0 aliphatic rings. The number of rotatable bonds is 55. The molecule has 0 aromatic carbocycles. The largest absolute Gasteiger partial charge is 0.472 e. The van der Waals surface area contributed by atoms with Gasteiger partial charge in [-0.2, -0.15) is 0 Å². The molecule has 0 amide bonds. The Morgan fingerprint density at radius 1 is 0.400 bits per heavy atom. The quantitative estimate of drug-likeness (QED) is 0.0197. The second-order valence-electron chi connectivity index (χ2n) is 19.8. The second kappa shape index (κ2) is 53.3. The molecule has 70 heavy (non-hydrogen) atoms. The Morgan fingerprint density at radius 2 is 0.700 bits per heavy atom. The molecule has 0 heterocycles. The third-order valence-electron chi connectivity index (χ3n) is 12.9. The summed E-state index contributed by atoms with van der Waals surface area (Å²) in [4.78, 5) is 48.4. The van der Waals surface area contributed by atoms with Gasteiger partial charge in [0.1, 0.15) is 12.7 Å². The lowest BCUT2D eigenvalue weighted by atomic mass is 10.0. The summed E-state index contributed by atoms with van der Waals surface area (Å²) in [6.45, 7) is 4.64. The lowest BCUT2D eigenvalue weighted by molar-refractivity contribution is -0.161. The molecule has 0 fully saturated rings. The molecule has 3 atom stereocenters. The number of allylic oxidation sites excluding steroid dienone is 4. The lowest BCUT2D eigenvalue weighted by Crippen LogP contribution is -2.30. The van der Waals surface area contributed by atoms with Gasteiger partial charge in [0, 0.05) is 19.3 Å². The van der Waals surface area contributed by atoms with E-state index in [2.05, 4.69) is 45.1 Å². The molecule has 0 aromatic heterocycles. The van der Waals surface area contributed by atoms with Crippen LogP contribution in [0.2, 0.25) is 0 Å². The SMILES string of the molecule is CCCCC/C=C\C/C=C\CCCCCCCCCCCC(=O)OC(COC(=O)CCCCCCCCCCC)COP(=O)(O)OCC(CO)OC(=O)CCCCCCCCCCCCCCCCC. The number of phosphoric ester groups is 1. The minimum Gasteiger partial charge on any atom is -0.462 e. The Balaban J connectivity index is 4.59. The van der Waals surface area contributed by atoms with Gasteiger partial charge in [-0.25, -0.2) is 4.57 Å². The minimum absolute atomic E-state index is 0.168. The summed E-state index contributed by atoms with van der Waals surface area (Å²) in [5.41, 5.74) is 0. The van der Waals surface area contributed by atoms with Crippen LogP contribution < -0.4 is 0 Å². The Bertz CT molecular complexity index is 1270. The number of carbonyl (C=O) groups excluding carboxylic acids is 3. The van der Waals surface area contributed by atoms with Gasteiger partial charge in [0.05, 0.1) is 19.8 Å². The molecule has 0 saturated heterocycles. The van der Waals surface area contributed by atoms with E-state index in [1.807, 2.05) is 0 Å². The van der Waals surface area contributed by atoms with Crippen molar-refractivity contribution < 1.29 is 52.2 Å². The molecule has 3 unspecified atom stereocenters. The third-order valence-corrected chi connectivity index (χ3v) is 13.8. The molecule has 0 saturated carbocycles. The summed E-state index contributed by atoms with van der Waals surface area (Å²) in [7, 11) is -4.74. The Labute approximate surface area is 429 Å². The average molecular weight is 1010 g/mol. The van der Waals surface area contributed by atoms with E-state index in [4.69, 9.17) is 23.3 Å². The Hall–Kier alpha value is -2.04. The highest BCUT2D eigenvalue weighted by Gasteiger charge is 2.28. The fraction of sp³-hybridized carbons (Fsp3) is 0.879. The molecule has 0 aliphatic carbocycles. The monoisotopic (exact) mass is 1010 g/mol. The number of unbranched alkanes of at least 4 members (excludes halogenated alkanes) is 34. The second-order valence-corrected chi connectivity index (χ2v) is 21.3. The molecule has 12 heteroatoms. The fourth-order valence-electron chi connectivity index (χ4n) is 8.39. The van der Waals surface area contributed by atoms with Crippen molar-refractivity contribution in [2.45, 2.75) is 303 Å². The zero-order valence-electron chi connectivity index (χ0n) is 45.5. The van der Waals surface area contributed by atoms with Crippen LogP contribution in [0.4, 0.5) is 0 Å². The van der Waals surface area contributed by atoms with Gasteiger partial charge in [0.15, 0.2) is 6.10 Å². The standard InChI is InChI=1S/C58H109O11P/c1-4-7-10-13-16-19-21-23-25-26-27-28-30-32-34-37-40-43-46-49-58(62)69-55(51-65-56(60)47-44-41-38-35-18-15-12-9-6-3)53-67-70(63,64)66-52-54(50-59)68-57(61)48-45-42-39-36-33-31-29-24-22-20-17-14-11-8-5-2/h16,19,23,25,54-55,59H,4-15,17-18,20-22,24,26-53H2,1-3H3,(H,63,64)/b19-16-,25-23-. The van der Waals surface area contributed by atoms with E-state index >= 15 is 0 Å². The van der Waals surface area contributed by atoms with E-state index in [-0.39, 0.29) is 25.9 Å². The van der Waals surface area contributed by atoms with E-state index < -0.39 is 57.8 Å². The maximum Gasteiger partial charge on any atom is 0.472 e. The Kier molecular flexibility index (Phi) is 51.7. The molecule has 0 bridgehead atoms. The Morgan fingerprint density at radius 3 is 1.09 bits per heavy atom. The van der Waals surface area contributed by atoms with Gasteiger partial charge in [-0.3, -0.25) is 23.4 Å². The molecule has 0 aliphatic heterocycles. The smallest absolute Gasteiger partial charge is 0.462 e. The molecular formula is C58H109O11P. The van der Waals surface area contributed by atoms with Crippen molar-refractivity contribution >= 4 is 25.7 Å². The van der Waals surface area contributed by atoms with Gasteiger partial charge in [-0.1, -0.05) is 244 Å². The number of phosphoric acid groups is 1. The molecule has 0 aromatic rings. The number of aliphatic hydroxyl groups is 1. The van der Waals surface area contributed by atoms with Crippen molar-refractivity contribution in [3.63, 3.8) is 0 Å². The molecule has 0 radical (unpaired) electrons. The van der Waals surface area contributed by atoms with Gasteiger partial charge in [0.25, 0.3) is 0 Å². The first-order valence-corrected chi connectivity index (χ1v) is 30.7. The van der Waals surface area contributed by atoms with Crippen molar-refractivity contribution in [2.24, 2.45) is 0 Å². The third kappa shape index (κ3) is 50.9. The number of aliphatic hydroxyl groups excluding tert-OH is 1. The fourth-order valence-corrected chi connectivity index (χ4v) is 9.17. The molecule has 0 spiro atoms. The van der Waals surface area contributed by atoms with Gasteiger partial charge in [-0.05, 0) is 51.4 Å². The highest BCUT2D eigenvalue weighted by atomic mass is 31.2.